The number of hydrogen-bond acceptors (Lipinski definition) is 6. The summed E-state index contributed by atoms with van der Waals surface area (Å²) in [5.74, 6) is 0.0926. The van der Waals surface area contributed by atoms with E-state index in [1.54, 1.807) is 6.92 Å². The molecule has 0 aliphatic heterocycles. The number of nitrogens with two attached hydrogens (primary N) is 1. The number of nitrogen functional groups attached to an aromatic ring is 1. The van der Waals surface area contributed by atoms with E-state index in [0.717, 1.165) is 4.57 Å². The molecule has 0 spiro atoms. The van der Waals surface area contributed by atoms with Crippen molar-refractivity contribution in [3.05, 3.63) is 22.7 Å². The molecule has 7 heteroatoms. The second-order valence-electron chi connectivity index (χ2n) is 3.14. The molecule has 0 amide bonds. The topological polar surface area (TPSA) is 111 Å². The van der Waals surface area contributed by atoms with Gasteiger partial charge in [0.25, 0.3) is 0 Å². The van der Waals surface area contributed by atoms with Gasteiger partial charge in [0.15, 0.2) is 6.23 Å². The number of nitrogens with zero attached hydrogens (tertiary/aromatic N) is 2. The lowest BCUT2D eigenvalue weighted by Crippen LogP contribution is -2.37. The Morgan fingerprint density at radius 3 is 2.88 bits per heavy atom. The Morgan fingerprint density at radius 2 is 2.38 bits per heavy atom. The summed E-state index contributed by atoms with van der Waals surface area (Å²) < 4.78 is 6.26. The molecule has 16 heavy (non-hydrogen) atoms. The first-order valence-corrected chi connectivity index (χ1v) is 4.85. The van der Waals surface area contributed by atoms with Crippen molar-refractivity contribution in [3.8, 4) is 0 Å². The molecule has 0 saturated heterocycles. The number of rotatable bonds is 5. The second-order valence-corrected chi connectivity index (χ2v) is 3.14. The third-order valence-electron chi connectivity index (χ3n) is 1.98. The third kappa shape index (κ3) is 2.78. The molecule has 4 N–H and O–H groups in total. The van der Waals surface area contributed by atoms with Crippen LogP contribution in [0, 0.1) is 0 Å². The van der Waals surface area contributed by atoms with Crippen LogP contribution in [0.5, 0.6) is 0 Å². The number of anilines is 1. The van der Waals surface area contributed by atoms with Crippen LogP contribution in [0.25, 0.3) is 0 Å². The van der Waals surface area contributed by atoms with Crippen LogP contribution in [-0.4, -0.2) is 39.1 Å². The van der Waals surface area contributed by atoms with E-state index in [0.29, 0.717) is 6.61 Å². The fourth-order valence-electron chi connectivity index (χ4n) is 1.26. The van der Waals surface area contributed by atoms with Crippen LogP contribution in [0.4, 0.5) is 5.82 Å². The van der Waals surface area contributed by atoms with Crippen LogP contribution in [-0.2, 0) is 4.74 Å². The molecule has 1 aromatic heterocycles. The highest BCUT2D eigenvalue weighted by molar-refractivity contribution is 5.23. The van der Waals surface area contributed by atoms with Gasteiger partial charge in [-0.3, -0.25) is 4.57 Å². The van der Waals surface area contributed by atoms with Crippen molar-refractivity contribution in [1.29, 1.82) is 0 Å². The predicted molar refractivity (Wildman–Crippen MR) is 56.7 cm³/mol. The van der Waals surface area contributed by atoms with Crippen molar-refractivity contribution in [2.45, 2.75) is 19.3 Å². The van der Waals surface area contributed by atoms with Crippen LogP contribution >= 0.6 is 0 Å². The average molecular weight is 229 g/mol. The minimum Gasteiger partial charge on any atom is -0.394 e. The number of ether oxygens (including phenoxy) is 1. The van der Waals surface area contributed by atoms with Gasteiger partial charge in [-0.1, -0.05) is 0 Å². The molecule has 0 bridgehead atoms. The SMILES string of the molecule is CCOC(C(O)CO)n1ccc(N)nc1=O. The largest absolute Gasteiger partial charge is 0.394 e. The smallest absolute Gasteiger partial charge is 0.351 e. The molecule has 2 atom stereocenters. The Bertz CT molecular complexity index is 393. The van der Waals surface area contributed by atoms with Gasteiger partial charge >= 0.3 is 5.69 Å². The Balaban J connectivity index is 3.05. The van der Waals surface area contributed by atoms with E-state index in [4.69, 9.17) is 15.6 Å². The van der Waals surface area contributed by atoms with E-state index in [1.807, 2.05) is 0 Å². The molecule has 7 nitrogen and oxygen atoms in total. The highest BCUT2D eigenvalue weighted by atomic mass is 16.5. The molecule has 90 valence electrons. The zero-order valence-corrected chi connectivity index (χ0v) is 8.91. The Hall–Kier alpha value is -1.44. The van der Waals surface area contributed by atoms with E-state index in [9.17, 15) is 9.90 Å². The van der Waals surface area contributed by atoms with Crippen LogP contribution in [0.1, 0.15) is 13.2 Å². The summed E-state index contributed by atoms with van der Waals surface area (Å²) in [5.41, 5.74) is 4.70. The van der Waals surface area contributed by atoms with Crippen molar-refractivity contribution < 1.29 is 14.9 Å². The van der Waals surface area contributed by atoms with Crippen molar-refractivity contribution in [2.75, 3.05) is 18.9 Å². The molecule has 1 aromatic rings. The van der Waals surface area contributed by atoms with Gasteiger partial charge in [0.05, 0.1) is 6.61 Å². The Morgan fingerprint density at radius 1 is 1.69 bits per heavy atom. The molecule has 1 rings (SSSR count). The summed E-state index contributed by atoms with van der Waals surface area (Å²) in [6.45, 7) is 1.49. The lowest BCUT2D eigenvalue weighted by Gasteiger charge is -2.22. The molecule has 2 unspecified atom stereocenters. The first kappa shape index (κ1) is 12.6. The predicted octanol–water partition coefficient (Wildman–Crippen LogP) is -1.29. The zero-order valence-electron chi connectivity index (χ0n) is 8.91. The van der Waals surface area contributed by atoms with Crippen molar-refractivity contribution in [1.82, 2.24) is 9.55 Å². The summed E-state index contributed by atoms with van der Waals surface area (Å²) in [4.78, 5) is 15.0. The minimum atomic E-state index is -1.19. The molecule has 1 heterocycles. The van der Waals surface area contributed by atoms with Gasteiger partial charge in [-0.25, -0.2) is 4.79 Å². The summed E-state index contributed by atoms with van der Waals surface area (Å²) in [6, 6.07) is 1.41. The summed E-state index contributed by atoms with van der Waals surface area (Å²) in [7, 11) is 0. The quantitative estimate of drug-likeness (QED) is 0.579. The first-order valence-electron chi connectivity index (χ1n) is 4.85. The van der Waals surface area contributed by atoms with Gasteiger partial charge in [0.1, 0.15) is 11.9 Å². The third-order valence-corrected chi connectivity index (χ3v) is 1.98. The van der Waals surface area contributed by atoms with Crippen molar-refractivity contribution in [3.63, 3.8) is 0 Å². The van der Waals surface area contributed by atoms with Crippen LogP contribution in [0.3, 0.4) is 0 Å². The van der Waals surface area contributed by atoms with Crippen molar-refractivity contribution in [2.24, 2.45) is 0 Å². The molecular weight excluding hydrogens is 214 g/mol. The van der Waals surface area contributed by atoms with Crippen LogP contribution in [0.2, 0.25) is 0 Å². The van der Waals surface area contributed by atoms with E-state index < -0.39 is 24.6 Å². The molecule has 0 aliphatic rings. The molecule has 0 fully saturated rings. The van der Waals surface area contributed by atoms with E-state index in [-0.39, 0.29) is 5.82 Å². The highest BCUT2D eigenvalue weighted by Gasteiger charge is 2.21. The van der Waals surface area contributed by atoms with E-state index >= 15 is 0 Å². The minimum absolute atomic E-state index is 0.0926. The molecule has 0 aromatic carbocycles. The first-order chi connectivity index (χ1) is 7.60. The standard InChI is InChI=1S/C9H15N3O4/c1-2-16-8(6(14)5-13)12-4-3-7(10)11-9(12)15/h3-4,6,8,13-14H,2,5H2,1H3,(H2,10,11,15). The summed E-state index contributed by atoms with van der Waals surface area (Å²) in [5, 5.41) is 18.4. The Labute approximate surface area is 92.1 Å². The normalized spacial score (nSPS) is 14.7. The zero-order chi connectivity index (χ0) is 12.1. The fourth-order valence-corrected chi connectivity index (χ4v) is 1.26. The van der Waals surface area contributed by atoms with Crippen LogP contribution < -0.4 is 11.4 Å². The van der Waals surface area contributed by atoms with Gasteiger partial charge < -0.3 is 20.7 Å². The number of aliphatic hydroxyl groups is 2. The van der Waals surface area contributed by atoms with Gasteiger partial charge in [-0.2, -0.15) is 4.98 Å². The van der Waals surface area contributed by atoms with E-state index in [2.05, 4.69) is 4.98 Å². The monoisotopic (exact) mass is 229 g/mol. The van der Waals surface area contributed by atoms with Gasteiger partial charge in [-0.15, -0.1) is 0 Å². The number of aromatic nitrogens is 2. The maximum atomic E-state index is 11.5. The van der Waals surface area contributed by atoms with Gasteiger partial charge in [0.2, 0.25) is 0 Å². The number of aliphatic hydroxyl groups excluding tert-OH is 2. The molecule has 0 radical (unpaired) electrons. The number of hydrogen-bond donors (Lipinski definition) is 3. The maximum absolute atomic E-state index is 11.5. The van der Waals surface area contributed by atoms with E-state index in [1.165, 1.54) is 12.3 Å². The van der Waals surface area contributed by atoms with Gasteiger partial charge in [-0.05, 0) is 13.0 Å². The molecular formula is C9H15N3O4. The van der Waals surface area contributed by atoms with Crippen molar-refractivity contribution >= 4 is 5.82 Å². The lowest BCUT2D eigenvalue weighted by molar-refractivity contribution is -0.0962. The second kappa shape index (κ2) is 5.59. The lowest BCUT2D eigenvalue weighted by atomic mass is 10.3. The van der Waals surface area contributed by atoms with Gasteiger partial charge in [0, 0.05) is 12.8 Å². The summed E-state index contributed by atoms with van der Waals surface area (Å²) >= 11 is 0. The maximum Gasteiger partial charge on any atom is 0.351 e. The molecule has 0 saturated carbocycles. The average Bonchev–Trinajstić information content (AvgIpc) is 2.26. The Kier molecular flexibility index (Phi) is 4.41. The summed E-state index contributed by atoms with van der Waals surface area (Å²) in [6.07, 6.45) is -0.789. The fraction of sp³-hybridized carbons (Fsp3) is 0.556. The van der Waals surface area contributed by atoms with Crippen LogP contribution in [0.15, 0.2) is 17.1 Å². The highest BCUT2D eigenvalue weighted by Crippen LogP contribution is 2.11. The molecule has 0 aliphatic carbocycles.